The molecule has 0 aliphatic heterocycles. The van der Waals surface area contributed by atoms with Crippen molar-refractivity contribution in [2.75, 3.05) is 4.90 Å². The molecule has 1 aliphatic rings. The van der Waals surface area contributed by atoms with E-state index in [9.17, 15) is 0 Å². The quantitative estimate of drug-likeness (QED) is 0.171. The van der Waals surface area contributed by atoms with Gasteiger partial charge in [0.25, 0.3) is 0 Å². The summed E-state index contributed by atoms with van der Waals surface area (Å²) >= 11 is 1.88. The summed E-state index contributed by atoms with van der Waals surface area (Å²) in [5.74, 6) is 0. The maximum atomic E-state index is 2.46. The van der Waals surface area contributed by atoms with Crippen LogP contribution in [-0.4, -0.2) is 0 Å². The SMILES string of the molecule is c1ccc(N(c2ccc3c(c2)C(c2ccccc2)(c2ccccc2)c2ccccc2-3)c2ccccc2-c2cccc3c2sc2ccccc23)cc1. The molecule has 1 aliphatic carbocycles. The topological polar surface area (TPSA) is 3.24 Å². The highest BCUT2D eigenvalue weighted by molar-refractivity contribution is 7.26. The largest absolute Gasteiger partial charge is 0.310 e. The molecule has 0 fully saturated rings. The number of benzene rings is 8. The lowest BCUT2D eigenvalue weighted by molar-refractivity contribution is 0.768. The summed E-state index contributed by atoms with van der Waals surface area (Å²) in [7, 11) is 0. The summed E-state index contributed by atoms with van der Waals surface area (Å²) in [4.78, 5) is 2.45. The van der Waals surface area contributed by atoms with Crippen molar-refractivity contribution < 1.29 is 0 Å². The first-order chi connectivity index (χ1) is 25.3. The maximum Gasteiger partial charge on any atom is 0.0714 e. The number of thiophene rings is 1. The second-order valence-electron chi connectivity index (χ2n) is 13.2. The first-order valence-electron chi connectivity index (χ1n) is 17.5. The molecule has 0 saturated heterocycles. The van der Waals surface area contributed by atoms with Gasteiger partial charge in [-0.3, -0.25) is 0 Å². The van der Waals surface area contributed by atoms with E-state index in [2.05, 4.69) is 205 Å². The molecule has 10 rings (SSSR count). The van der Waals surface area contributed by atoms with E-state index in [-0.39, 0.29) is 0 Å². The van der Waals surface area contributed by atoms with E-state index in [0.29, 0.717) is 0 Å². The van der Waals surface area contributed by atoms with Gasteiger partial charge in [0.05, 0.1) is 11.1 Å². The summed E-state index contributed by atoms with van der Waals surface area (Å²) < 4.78 is 2.63. The van der Waals surface area contributed by atoms with Crippen LogP contribution >= 0.6 is 11.3 Å². The van der Waals surface area contributed by atoms with Crippen molar-refractivity contribution in [3.8, 4) is 22.3 Å². The van der Waals surface area contributed by atoms with Gasteiger partial charge in [-0.1, -0.05) is 164 Å². The van der Waals surface area contributed by atoms with Crippen molar-refractivity contribution >= 4 is 48.6 Å². The third-order valence-corrected chi connectivity index (χ3v) is 11.8. The molecule has 0 amide bonds. The molecule has 1 nitrogen and oxygen atoms in total. The number of hydrogen-bond acceptors (Lipinski definition) is 2. The van der Waals surface area contributed by atoms with Crippen molar-refractivity contribution in [3.63, 3.8) is 0 Å². The van der Waals surface area contributed by atoms with Gasteiger partial charge >= 0.3 is 0 Å². The zero-order chi connectivity index (χ0) is 33.8. The highest BCUT2D eigenvalue weighted by Gasteiger charge is 2.46. The molecule has 0 spiro atoms. The number of nitrogens with zero attached hydrogens (tertiary/aromatic N) is 1. The summed E-state index contributed by atoms with van der Waals surface area (Å²) in [5.41, 5.74) is 13.1. The van der Waals surface area contributed by atoms with Crippen LogP contribution in [0.3, 0.4) is 0 Å². The molecule has 0 N–H and O–H groups in total. The van der Waals surface area contributed by atoms with Gasteiger partial charge in [-0.25, -0.2) is 0 Å². The van der Waals surface area contributed by atoms with Crippen LogP contribution in [0, 0.1) is 0 Å². The molecule has 0 atom stereocenters. The van der Waals surface area contributed by atoms with E-state index in [1.807, 2.05) is 11.3 Å². The summed E-state index contributed by atoms with van der Waals surface area (Å²) in [6.45, 7) is 0. The predicted octanol–water partition coefficient (Wildman–Crippen LogP) is 13.6. The molecule has 0 saturated carbocycles. The zero-order valence-corrected chi connectivity index (χ0v) is 28.7. The fraction of sp³-hybridized carbons (Fsp3) is 0.0204. The van der Waals surface area contributed by atoms with Gasteiger partial charge in [0.1, 0.15) is 0 Å². The Hall–Kier alpha value is -6.22. The standard InChI is InChI=1S/C49H33NS/c1-4-17-34(18-5-1)49(35-19-6-2-7-20-35)44-28-13-10-23-38(44)39-32-31-37(33-45(39)49)50(36-21-8-3-9-22-36)46-29-14-11-24-40(46)42-26-16-27-43-41-25-12-15-30-47(41)51-48(42)43/h1-33H. The molecule has 1 aromatic heterocycles. The Morgan fingerprint density at radius 2 is 0.941 bits per heavy atom. The second-order valence-corrected chi connectivity index (χ2v) is 14.3. The van der Waals surface area contributed by atoms with Crippen LogP contribution in [-0.2, 0) is 5.41 Å². The molecule has 0 unspecified atom stereocenters. The van der Waals surface area contributed by atoms with Crippen LogP contribution in [0.25, 0.3) is 42.4 Å². The van der Waals surface area contributed by atoms with E-state index in [1.54, 1.807) is 0 Å². The first-order valence-corrected chi connectivity index (χ1v) is 18.3. The molecule has 9 aromatic rings. The molecule has 8 aromatic carbocycles. The third-order valence-electron chi connectivity index (χ3n) is 10.6. The molecular weight excluding hydrogens is 635 g/mol. The average molecular weight is 668 g/mol. The number of para-hydroxylation sites is 2. The number of hydrogen-bond donors (Lipinski definition) is 0. The minimum atomic E-state index is -0.477. The molecule has 0 radical (unpaired) electrons. The summed E-state index contributed by atoms with van der Waals surface area (Å²) in [6, 6.07) is 73.4. The molecule has 240 valence electrons. The van der Waals surface area contributed by atoms with Gasteiger partial charge in [0.2, 0.25) is 0 Å². The van der Waals surface area contributed by atoms with Crippen LogP contribution in [0.2, 0.25) is 0 Å². The van der Waals surface area contributed by atoms with Crippen molar-refractivity contribution in [1.82, 2.24) is 0 Å². The monoisotopic (exact) mass is 667 g/mol. The van der Waals surface area contributed by atoms with Crippen LogP contribution in [0.4, 0.5) is 17.1 Å². The van der Waals surface area contributed by atoms with Gasteiger partial charge < -0.3 is 4.90 Å². The number of anilines is 3. The highest BCUT2D eigenvalue weighted by Crippen LogP contribution is 2.57. The molecule has 0 bridgehead atoms. The minimum absolute atomic E-state index is 0.477. The zero-order valence-electron chi connectivity index (χ0n) is 27.9. The lowest BCUT2D eigenvalue weighted by Gasteiger charge is -2.35. The molecule has 1 heterocycles. The van der Waals surface area contributed by atoms with Crippen molar-refractivity contribution in [1.29, 1.82) is 0 Å². The Labute approximate surface area is 302 Å². The molecule has 51 heavy (non-hydrogen) atoms. The van der Waals surface area contributed by atoms with Gasteiger partial charge in [0, 0.05) is 42.7 Å². The lowest BCUT2D eigenvalue weighted by Crippen LogP contribution is -2.28. The van der Waals surface area contributed by atoms with Crippen LogP contribution in [0.1, 0.15) is 22.3 Å². The van der Waals surface area contributed by atoms with Gasteiger partial charge in [-0.15, -0.1) is 11.3 Å². The number of fused-ring (bicyclic) bond motifs is 6. The summed E-state index contributed by atoms with van der Waals surface area (Å²) in [5, 5.41) is 2.62. The van der Waals surface area contributed by atoms with Crippen molar-refractivity contribution in [2.45, 2.75) is 5.41 Å². The van der Waals surface area contributed by atoms with E-state index >= 15 is 0 Å². The smallest absolute Gasteiger partial charge is 0.0714 e. The van der Waals surface area contributed by atoms with Crippen LogP contribution < -0.4 is 4.90 Å². The Kier molecular flexibility index (Phi) is 6.97. The van der Waals surface area contributed by atoms with Gasteiger partial charge in [-0.05, 0) is 69.8 Å². The van der Waals surface area contributed by atoms with E-state index < -0.39 is 5.41 Å². The van der Waals surface area contributed by atoms with Crippen molar-refractivity contribution in [2.24, 2.45) is 0 Å². The second kappa shape index (κ2) is 12.0. The third kappa shape index (κ3) is 4.54. The van der Waals surface area contributed by atoms with Gasteiger partial charge in [0.15, 0.2) is 0 Å². The highest BCUT2D eigenvalue weighted by atomic mass is 32.1. The van der Waals surface area contributed by atoms with Crippen LogP contribution in [0.15, 0.2) is 200 Å². The van der Waals surface area contributed by atoms with Crippen LogP contribution in [0.5, 0.6) is 0 Å². The molecule has 2 heteroatoms. The fourth-order valence-corrected chi connectivity index (χ4v) is 9.66. The Morgan fingerprint density at radius 1 is 0.373 bits per heavy atom. The Bertz CT molecular complexity index is 2650. The Balaban J connectivity index is 1.25. The van der Waals surface area contributed by atoms with Crippen molar-refractivity contribution in [3.05, 3.63) is 222 Å². The molecular formula is C49H33NS. The Morgan fingerprint density at radius 3 is 1.71 bits per heavy atom. The fourth-order valence-electron chi connectivity index (χ4n) is 8.43. The van der Waals surface area contributed by atoms with E-state index in [1.165, 1.54) is 64.7 Å². The first kappa shape index (κ1) is 29.7. The maximum absolute atomic E-state index is 2.46. The number of rotatable bonds is 6. The van der Waals surface area contributed by atoms with E-state index in [0.717, 1.165) is 17.1 Å². The predicted molar refractivity (Wildman–Crippen MR) is 217 cm³/mol. The lowest BCUT2D eigenvalue weighted by atomic mass is 9.67. The summed E-state index contributed by atoms with van der Waals surface area (Å²) in [6.07, 6.45) is 0. The van der Waals surface area contributed by atoms with E-state index in [4.69, 9.17) is 0 Å². The minimum Gasteiger partial charge on any atom is -0.310 e. The normalized spacial score (nSPS) is 12.9. The van der Waals surface area contributed by atoms with Gasteiger partial charge in [-0.2, -0.15) is 0 Å². The average Bonchev–Trinajstić information content (AvgIpc) is 3.73.